The average Bonchev–Trinajstić information content (AvgIpc) is 3.58. The van der Waals surface area contributed by atoms with E-state index < -0.39 is 50.4 Å². The number of hydrogen-bond acceptors (Lipinski definition) is 10. The number of imide groups is 1. The molecule has 5 atom stereocenters. The van der Waals surface area contributed by atoms with Crippen molar-refractivity contribution >= 4 is 20.5 Å². The van der Waals surface area contributed by atoms with E-state index in [-0.39, 0.29) is 44.7 Å². The number of carbonyl (C=O) groups excluding carboxylic acids is 2. The zero-order valence-electron chi connectivity index (χ0n) is 32.6. The van der Waals surface area contributed by atoms with Crippen molar-refractivity contribution in [2.45, 2.75) is 83.6 Å². The van der Waals surface area contributed by atoms with Crippen LogP contribution in [0.15, 0.2) is 78.9 Å². The largest absolute Gasteiger partial charge is 0.497 e. The van der Waals surface area contributed by atoms with Gasteiger partial charge in [-0.25, -0.2) is 9.46 Å². The van der Waals surface area contributed by atoms with Crippen LogP contribution in [0.2, 0.25) is 0 Å². The summed E-state index contributed by atoms with van der Waals surface area (Å²) >= 11 is 0. The lowest BCUT2D eigenvalue weighted by molar-refractivity contribution is -0.128. The van der Waals surface area contributed by atoms with E-state index in [0.717, 1.165) is 16.7 Å². The number of carbonyl (C=O) groups is 2. The molecule has 0 saturated carbocycles. The molecular formula is C42H51N4O8P. The molecule has 3 aromatic carbocycles. The smallest absolute Gasteiger partial charge is 0.326 e. The van der Waals surface area contributed by atoms with Crippen LogP contribution < -0.4 is 14.8 Å². The molecule has 0 bridgehead atoms. The lowest BCUT2D eigenvalue weighted by atomic mass is 9.80. The van der Waals surface area contributed by atoms with Crippen LogP contribution in [0.1, 0.15) is 64.2 Å². The maximum Gasteiger partial charge on any atom is 0.326 e. The van der Waals surface area contributed by atoms with E-state index in [1.807, 2.05) is 78.9 Å². The maximum atomic E-state index is 13.3. The van der Waals surface area contributed by atoms with E-state index >= 15 is 0 Å². The van der Waals surface area contributed by atoms with Crippen molar-refractivity contribution in [2.24, 2.45) is 5.92 Å². The van der Waals surface area contributed by atoms with Crippen LogP contribution in [-0.2, 0) is 28.9 Å². The summed E-state index contributed by atoms with van der Waals surface area (Å²) in [5.41, 5.74) is 1.43. The summed E-state index contributed by atoms with van der Waals surface area (Å²) in [7, 11) is 1.57. The number of hydrogen-bond donors (Lipinski definition) is 1. The Hall–Kier alpha value is -4.52. The van der Waals surface area contributed by atoms with Crippen molar-refractivity contribution in [3.63, 3.8) is 0 Å². The van der Waals surface area contributed by atoms with Gasteiger partial charge in [0.05, 0.1) is 46.0 Å². The van der Waals surface area contributed by atoms with Crippen molar-refractivity contribution in [1.82, 2.24) is 14.9 Å². The normalized spacial score (nSPS) is 20.6. The number of nitrogens with one attached hydrogen (secondary N) is 1. The topological polar surface area (TPSA) is 132 Å². The second-order valence-electron chi connectivity index (χ2n) is 13.8. The average molecular weight is 771 g/mol. The molecule has 1 N–H and O–H groups in total. The summed E-state index contributed by atoms with van der Waals surface area (Å²) in [4.78, 5) is 27.5. The number of urea groups is 1. The molecule has 12 nitrogen and oxygen atoms in total. The molecule has 3 aromatic rings. The highest BCUT2D eigenvalue weighted by Gasteiger charge is 2.48. The number of nitriles is 1. The molecule has 2 aliphatic rings. The number of methoxy groups -OCH3 is 2. The fourth-order valence-electron chi connectivity index (χ4n) is 7.01. The minimum Gasteiger partial charge on any atom is -0.497 e. The molecule has 13 heteroatoms. The highest BCUT2D eigenvalue weighted by Crippen LogP contribution is 2.50. The Bertz CT molecular complexity index is 1770. The van der Waals surface area contributed by atoms with Crippen LogP contribution in [0.3, 0.4) is 0 Å². The van der Waals surface area contributed by atoms with Crippen LogP contribution >= 0.6 is 8.53 Å². The van der Waals surface area contributed by atoms with Crippen LogP contribution in [0, 0.1) is 29.1 Å². The third-order valence-electron chi connectivity index (χ3n) is 9.56. The fraction of sp³-hybridized carbons (Fsp3) is 0.452. The van der Waals surface area contributed by atoms with Gasteiger partial charge in [0.15, 0.2) is 0 Å². The van der Waals surface area contributed by atoms with Crippen LogP contribution in [-0.4, -0.2) is 86.0 Å². The highest BCUT2D eigenvalue weighted by atomic mass is 31.2. The molecule has 0 aliphatic carbocycles. The molecule has 0 spiro atoms. The molecule has 55 heavy (non-hydrogen) atoms. The van der Waals surface area contributed by atoms with Gasteiger partial charge in [0.25, 0.3) is 8.53 Å². The second kappa shape index (κ2) is 19.4. The molecule has 5 rings (SSSR count). The van der Waals surface area contributed by atoms with Crippen molar-refractivity contribution in [2.75, 3.05) is 34.0 Å². The molecule has 0 aromatic heterocycles. The summed E-state index contributed by atoms with van der Waals surface area (Å²) in [6, 6.07) is 27.2. The molecular weight excluding hydrogens is 719 g/mol. The Morgan fingerprint density at radius 1 is 0.927 bits per heavy atom. The van der Waals surface area contributed by atoms with E-state index in [4.69, 9.17) is 28.0 Å². The first-order valence-electron chi connectivity index (χ1n) is 18.5. The number of amides is 3. The Labute approximate surface area is 325 Å². The van der Waals surface area contributed by atoms with Gasteiger partial charge in [-0.2, -0.15) is 5.26 Å². The number of rotatable bonds is 17. The van der Waals surface area contributed by atoms with Gasteiger partial charge in [0.1, 0.15) is 35.3 Å². The first kappa shape index (κ1) is 41.6. The van der Waals surface area contributed by atoms with Gasteiger partial charge < -0.3 is 28.0 Å². The van der Waals surface area contributed by atoms with Gasteiger partial charge in [-0.15, -0.1) is 5.92 Å². The third-order valence-corrected chi connectivity index (χ3v) is 11.7. The second-order valence-corrected chi connectivity index (χ2v) is 15.2. The summed E-state index contributed by atoms with van der Waals surface area (Å²) in [6.45, 7) is 10.2. The van der Waals surface area contributed by atoms with Crippen LogP contribution in [0.5, 0.6) is 11.5 Å². The molecule has 2 aliphatic heterocycles. The number of benzene rings is 3. The fourth-order valence-corrected chi connectivity index (χ4v) is 8.76. The Morgan fingerprint density at radius 3 is 2.04 bits per heavy atom. The Morgan fingerprint density at radius 2 is 1.51 bits per heavy atom. The van der Waals surface area contributed by atoms with E-state index in [1.165, 1.54) is 4.90 Å². The van der Waals surface area contributed by atoms with E-state index in [9.17, 15) is 14.9 Å². The summed E-state index contributed by atoms with van der Waals surface area (Å²) in [5.74, 6) is 5.97. The molecule has 292 valence electrons. The zero-order chi connectivity index (χ0) is 39.5. The molecule has 2 unspecified atom stereocenters. The maximum absolute atomic E-state index is 13.3. The molecule has 3 amide bonds. The monoisotopic (exact) mass is 770 g/mol. The predicted octanol–water partition coefficient (Wildman–Crippen LogP) is 6.98. The van der Waals surface area contributed by atoms with Gasteiger partial charge in [-0.3, -0.25) is 15.0 Å². The highest BCUT2D eigenvalue weighted by molar-refractivity contribution is 7.44. The van der Waals surface area contributed by atoms with Gasteiger partial charge in [-0.1, -0.05) is 60.5 Å². The minimum absolute atomic E-state index is 0.0332. The SMILES string of the molecule is CC#CC1CN([C@H]2C[C@H](OP(OCCC#N)N(C(C)C)C(C)C)[C@@H](COC(c3ccccc3)(c3ccc(OC)cc3)c3ccc(OC)cc3)O2)C(=O)NC1=O. The first-order valence-corrected chi connectivity index (χ1v) is 19.6. The zero-order valence-corrected chi connectivity index (χ0v) is 33.5. The minimum atomic E-state index is -1.68. The van der Waals surface area contributed by atoms with E-state index in [1.54, 1.807) is 21.1 Å². The van der Waals surface area contributed by atoms with Crippen molar-refractivity contribution in [3.8, 4) is 29.4 Å². The summed E-state index contributed by atoms with van der Waals surface area (Å²) in [6.07, 6.45) is -1.59. The lowest BCUT2D eigenvalue weighted by Crippen LogP contribution is -2.57. The standard InChI is InChI=1S/C42H51N4O8P/c1-8-13-31-27-45(41(48)44-40(31)47)39-26-37(54-55(52-25-12-24-43)46(29(2)3)30(4)5)38(53-39)28-51-42(32-14-10-9-11-15-32,33-16-20-35(49-6)21-17-33)34-18-22-36(50-7)23-19-34/h9-11,14-23,29-31,37-39H,12,25-28H2,1-7H3,(H,44,47,48)/t31?,37-,38+,39+,55?/m0/s1. The molecule has 2 heterocycles. The van der Waals surface area contributed by atoms with Crippen LogP contribution in [0.25, 0.3) is 0 Å². The number of nitrogens with zero attached hydrogens (tertiary/aromatic N) is 3. The molecule has 0 radical (unpaired) electrons. The van der Waals surface area contributed by atoms with Gasteiger partial charge >= 0.3 is 6.03 Å². The van der Waals surface area contributed by atoms with Crippen LogP contribution in [0.4, 0.5) is 4.79 Å². The van der Waals surface area contributed by atoms with Crippen molar-refractivity contribution in [3.05, 3.63) is 95.6 Å². The third kappa shape index (κ3) is 9.66. The lowest BCUT2D eigenvalue weighted by Gasteiger charge is -2.39. The van der Waals surface area contributed by atoms with Gasteiger partial charge in [0, 0.05) is 25.0 Å². The quantitative estimate of drug-likeness (QED) is 0.0664. The molecule has 2 fully saturated rings. The Kier molecular flexibility index (Phi) is 14.7. The predicted molar refractivity (Wildman–Crippen MR) is 209 cm³/mol. The summed E-state index contributed by atoms with van der Waals surface area (Å²) < 4.78 is 40.4. The van der Waals surface area contributed by atoms with E-state index in [0.29, 0.717) is 11.5 Å². The van der Waals surface area contributed by atoms with E-state index in [2.05, 4.69) is 55.6 Å². The summed E-state index contributed by atoms with van der Waals surface area (Å²) in [5, 5.41) is 11.8. The molecule has 2 saturated heterocycles. The number of ether oxygens (including phenoxy) is 4. The Balaban J connectivity index is 1.58. The first-order chi connectivity index (χ1) is 26.6. The van der Waals surface area contributed by atoms with Gasteiger partial charge in [-0.05, 0) is 75.6 Å². The van der Waals surface area contributed by atoms with Crippen molar-refractivity contribution < 1.29 is 37.6 Å². The van der Waals surface area contributed by atoms with Gasteiger partial charge in [0.2, 0.25) is 5.91 Å². The van der Waals surface area contributed by atoms with Crippen molar-refractivity contribution in [1.29, 1.82) is 5.26 Å².